The number of ketones is 1. The van der Waals surface area contributed by atoms with Gasteiger partial charge in [0.2, 0.25) is 5.91 Å². The summed E-state index contributed by atoms with van der Waals surface area (Å²) in [5, 5.41) is 2.73. The first-order valence-electron chi connectivity index (χ1n) is 11.9. The number of H-pyrrole nitrogens is 2. The number of carbonyl (C=O) groups excluding carboxylic acids is 2. The monoisotopic (exact) mass is 520 g/mol. The minimum Gasteiger partial charge on any atom is -0.355 e. The van der Waals surface area contributed by atoms with E-state index in [0.29, 0.717) is 29.6 Å². The van der Waals surface area contributed by atoms with Gasteiger partial charge in [-0.25, -0.2) is 0 Å². The second-order valence-corrected chi connectivity index (χ2v) is 9.78. The zero-order valence-corrected chi connectivity index (χ0v) is 21.4. The number of hydrogen-bond donors (Lipinski definition) is 6. The van der Waals surface area contributed by atoms with Crippen molar-refractivity contribution in [3.05, 3.63) is 70.8 Å². The molecule has 1 amide bonds. The van der Waals surface area contributed by atoms with Crippen LogP contribution in [-0.4, -0.2) is 55.2 Å². The molecule has 0 unspecified atom stereocenters. The van der Waals surface area contributed by atoms with Gasteiger partial charge in [0.15, 0.2) is 5.78 Å². The number of Topliss-reactive ketones (excluding diaryl/α,β-unsaturated/α-hetero) is 1. The van der Waals surface area contributed by atoms with Crippen molar-refractivity contribution in [2.24, 2.45) is 5.73 Å². The molecule has 36 heavy (non-hydrogen) atoms. The van der Waals surface area contributed by atoms with E-state index in [4.69, 9.17) is 15.7 Å². The fourth-order valence-corrected chi connectivity index (χ4v) is 4.94. The first-order chi connectivity index (χ1) is 17.4. The number of amides is 1. The molecule has 8 bridgehead atoms. The normalized spacial score (nSPS) is 14.9. The Morgan fingerprint density at radius 2 is 1.44 bits per heavy atom. The highest BCUT2D eigenvalue weighted by Crippen LogP contribution is 2.22. The number of nitrogens with one attached hydrogen (secondary N) is 3. The Morgan fingerprint density at radius 3 is 2.08 bits per heavy atom. The Hall–Kier alpha value is -3.08. The molecule has 5 rings (SSSR count). The summed E-state index contributed by atoms with van der Waals surface area (Å²) in [5.41, 5.74) is 13.3. The third-order valence-corrected chi connectivity index (χ3v) is 7.14. The van der Waals surface area contributed by atoms with Crippen LogP contribution in [0.2, 0.25) is 0 Å². The summed E-state index contributed by atoms with van der Waals surface area (Å²) in [6.45, 7) is 0. The number of nitrogens with zero attached hydrogens (tertiary/aromatic N) is 2. The van der Waals surface area contributed by atoms with Gasteiger partial charge in [0.1, 0.15) is 6.04 Å². The molecule has 2 aliphatic rings. The van der Waals surface area contributed by atoms with Crippen LogP contribution in [0.3, 0.4) is 0 Å². The third kappa shape index (κ3) is 5.21. The molecule has 3 aromatic heterocycles. The van der Waals surface area contributed by atoms with Gasteiger partial charge in [-0.05, 0) is 68.1 Å². The number of aryl methyl sites for hydroxylation is 4. The van der Waals surface area contributed by atoms with E-state index in [-0.39, 0.29) is 17.3 Å². The molecule has 3 aromatic rings. The van der Waals surface area contributed by atoms with Crippen LogP contribution >= 0.6 is 25.3 Å². The van der Waals surface area contributed by atoms with E-state index in [0.717, 1.165) is 46.5 Å². The fourth-order valence-electron chi connectivity index (χ4n) is 4.52. The zero-order valence-electron chi connectivity index (χ0n) is 19.6. The van der Waals surface area contributed by atoms with Crippen LogP contribution in [0.5, 0.6) is 0 Å². The first kappa shape index (κ1) is 24.6. The summed E-state index contributed by atoms with van der Waals surface area (Å²) in [5.74, 6) is -0.398. The number of carbonyl (C=O) groups is 2. The molecule has 0 spiro atoms. The molecule has 10 heteroatoms. The largest absolute Gasteiger partial charge is 0.355 e. The maximum absolute atomic E-state index is 13.8. The highest BCUT2D eigenvalue weighted by Gasteiger charge is 2.27. The lowest BCUT2D eigenvalue weighted by atomic mass is 10.0. The van der Waals surface area contributed by atoms with Crippen molar-refractivity contribution in [1.82, 2.24) is 25.3 Å². The molecule has 5 N–H and O–H groups in total. The summed E-state index contributed by atoms with van der Waals surface area (Å²) in [7, 11) is 0. The Labute approximate surface area is 219 Å². The Morgan fingerprint density at radius 1 is 0.861 bits per heavy atom. The number of rotatable bonds is 6. The molecule has 8 nitrogen and oxygen atoms in total. The first-order valence-corrected chi connectivity index (χ1v) is 13.2. The second kappa shape index (κ2) is 10.5. The van der Waals surface area contributed by atoms with E-state index in [2.05, 4.69) is 46.6 Å². The van der Waals surface area contributed by atoms with Crippen molar-refractivity contribution >= 4 is 59.0 Å². The number of aromatic nitrogens is 4. The van der Waals surface area contributed by atoms with Gasteiger partial charge in [0.05, 0.1) is 22.8 Å². The van der Waals surface area contributed by atoms with Crippen LogP contribution in [0, 0.1) is 0 Å². The van der Waals surface area contributed by atoms with Crippen LogP contribution < -0.4 is 11.1 Å². The predicted octanol–water partition coefficient (Wildman–Crippen LogP) is 2.74. The quantitative estimate of drug-likeness (QED) is 0.220. The van der Waals surface area contributed by atoms with Gasteiger partial charge >= 0.3 is 0 Å². The molecular weight excluding hydrogens is 492 g/mol. The van der Waals surface area contributed by atoms with Gasteiger partial charge in [-0.2, -0.15) is 25.3 Å². The predicted molar refractivity (Wildman–Crippen MR) is 148 cm³/mol. The minimum absolute atomic E-state index is 0.125. The zero-order chi connectivity index (χ0) is 25.2. The van der Waals surface area contributed by atoms with E-state index >= 15 is 0 Å². The Kier molecular flexibility index (Phi) is 7.17. The lowest BCUT2D eigenvalue weighted by Gasteiger charge is -2.18. The highest BCUT2D eigenvalue weighted by atomic mass is 32.1. The molecule has 0 aliphatic carbocycles. The summed E-state index contributed by atoms with van der Waals surface area (Å²) in [6, 6.07) is 12.3. The molecule has 2 atom stereocenters. The van der Waals surface area contributed by atoms with Crippen molar-refractivity contribution in [3.63, 3.8) is 0 Å². The second-order valence-electron chi connectivity index (χ2n) is 9.05. The average Bonchev–Trinajstić information content (AvgIpc) is 3.67. The molecule has 0 saturated carbocycles. The van der Waals surface area contributed by atoms with E-state index in [1.54, 1.807) is 0 Å². The number of hydrogen-bond acceptors (Lipinski definition) is 7. The maximum Gasteiger partial charge on any atom is 0.238 e. The Bertz CT molecular complexity index is 1480. The molecule has 5 heterocycles. The molecule has 0 aromatic carbocycles. The van der Waals surface area contributed by atoms with Crippen LogP contribution in [0.1, 0.15) is 33.1 Å². The van der Waals surface area contributed by atoms with Gasteiger partial charge in [-0.15, -0.1) is 0 Å². The minimum atomic E-state index is -0.850. The van der Waals surface area contributed by atoms with Crippen molar-refractivity contribution in [2.45, 2.75) is 37.8 Å². The van der Waals surface area contributed by atoms with Gasteiger partial charge in [-0.3, -0.25) is 19.6 Å². The highest BCUT2D eigenvalue weighted by molar-refractivity contribution is 7.80. The van der Waals surface area contributed by atoms with E-state index in [1.807, 2.05) is 36.4 Å². The number of thiol groups is 2. The molecule has 0 fully saturated rings. The lowest BCUT2D eigenvalue weighted by molar-refractivity contribution is -0.122. The number of nitrogens with two attached hydrogens (primary N) is 1. The van der Waals surface area contributed by atoms with Crippen molar-refractivity contribution in [3.8, 4) is 0 Å². The van der Waals surface area contributed by atoms with E-state index in [9.17, 15) is 9.59 Å². The van der Waals surface area contributed by atoms with Crippen molar-refractivity contribution in [1.29, 1.82) is 0 Å². The Balaban J connectivity index is 1.70. The maximum atomic E-state index is 13.8. The molecular formula is C26H28N6O2S2. The van der Waals surface area contributed by atoms with Crippen LogP contribution in [0.4, 0.5) is 0 Å². The van der Waals surface area contributed by atoms with Gasteiger partial charge in [0.25, 0.3) is 0 Å². The molecule has 0 saturated heterocycles. The summed E-state index contributed by atoms with van der Waals surface area (Å²) >= 11 is 8.44. The van der Waals surface area contributed by atoms with E-state index < -0.39 is 18.0 Å². The average molecular weight is 521 g/mol. The van der Waals surface area contributed by atoms with Crippen molar-refractivity contribution in [2.75, 3.05) is 11.5 Å². The summed E-state index contributed by atoms with van der Waals surface area (Å²) < 4.78 is 0. The topological polar surface area (TPSA) is 130 Å². The van der Waals surface area contributed by atoms with Crippen LogP contribution in [0.25, 0.3) is 22.1 Å². The van der Waals surface area contributed by atoms with Crippen LogP contribution in [-0.2, 0) is 30.5 Å². The summed E-state index contributed by atoms with van der Waals surface area (Å²) in [4.78, 5) is 42.6. The fraction of sp³-hybridized carbons (Fsp3) is 0.308. The van der Waals surface area contributed by atoms with Gasteiger partial charge in [-0.1, -0.05) is 0 Å². The standard InChI is InChI=1S/C26H28N6O2S2/c27-20(12-35)26(34)32-23(13-36)25(33)24-21-7-5-18(30-21)10-16-3-1-14(28-16)9-15-2-4-17(29-15)11-19-6-8-22(24)31-19/h1,3,6,8-11,20,23,28,31,35-36H,2,4-5,7,12-13,27H2,(H,32,34)/t20-,23-/m0/s1. The van der Waals surface area contributed by atoms with Crippen molar-refractivity contribution < 1.29 is 9.59 Å². The van der Waals surface area contributed by atoms with E-state index in [1.165, 1.54) is 0 Å². The molecule has 186 valence electrons. The lowest BCUT2D eigenvalue weighted by Crippen LogP contribution is -2.50. The molecule has 2 aliphatic heterocycles. The van der Waals surface area contributed by atoms with Gasteiger partial charge in [0, 0.05) is 45.1 Å². The number of fused-ring (bicyclic) bond motifs is 8. The van der Waals surface area contributed by atoms with Crippen LogP contribution in [0.15, 0.2) is 42.5 Å². The number of aromatic amines is 2. The third-order valence-electron chi connectivity index (χ3n) is 6.38. The molecule has 0 radical (unpaired) electrons. The van der Waals surface area contributed by atoms with Gasteiger partial charge < -0.3 is 21.0 Å². The SMILES string of the molecule is N[C@@H](CS)C(=O)N[C@@H](CS)C(=O)c1c2nc(cc3ccc(cc4nc(cc5ccc1[nH]5)CC4)[nH]3)CC2. The summed E-state index contributed by atoms with van der Waals surface area (Å²) in [6.07, 6.45) is 3.03. The smallest absolute Gasteiger partial charge is 0.238 e.